The molecule has 2 rings (SSSR count). The van der Waals surface area contributed by atoms with E-state index in [1.165, 1.54) is 0 Å². The van der Waals surface area contributed by atoms with Crippen LogP contribution in [0.1, 0.15) is 0 Å². The molecule has 4 nitrogen and oxygen atoms in total. The van der Waals surface area contributed by atoms with Crippen molar-refractivity contribution in [3.63, 3.8) is 0 Å². The zero-order valence-corrected chi connectivity index (χ0v) is 14.3. The lowest BCUT2D eigenvalue weighted by Gasteiger charge is -2.16. The van der Waals surface area contributed by atoms with Crippen LogP contribution in [0.2, 0.25) is 10.0 Å². The Morgan fingerprint density at radius 2 is 1.87 bits per heavy atom. The van der Waals surface area contributed by atoms with Crippen molar-refractivity contribution in [2.75, 3.05) is 32.1 Å². The third-order valence-corrected chi connectivity index (χ3v) is 3.84. The largest absolute Gasteiger partial charge is 0.492 e. The molecule has 0 spiro atoms. The van der Waals surface area contributed by atoms with E-state index in [0.29, 0.717) is 28.9 Å². The summed E-state index contributed by atoms with van der Waals surface area (Å²) >= 11 is 11.8. The maximum Gasteiger partial charge on any atom is 0.238 e. The number of benzene rings is 2. The van der Waals surface area contributed by atoms with E-state index in [4.69, 9.17) is 27.9 Å². The van der Waals surface area contributed by atoms with Gasteiger partial charge >= 0.3 is 0 Å². The van der Waals surface area contributed by atoms with E-state index < -0.39 is 0 Å². The molecule has 122 valence electrons. The summed E-state index contributed by atoms with van der Waals surface area (Å²) in [5.41, 5.74) is 0.623. The molecule has 0 radical (unpaired) electrons. The molecular weight excluding hydrogens is 335 g/mol. The summed E-state index contributed by atoms with van der Waals surface area (Å²) in [6.07, 6.45) is 0. The average Bonchev–Trinajstić information content (AvgIpc) is 2.52. The van der Waals surface area contributed by atoms with E-state index >= 15 is 0 Å². The van der Waals surface area contributed by atoms with Crippen LogP contribution < -0.4 is 10.1 Å². The van der Waals surface area contributed by atoms with Gasteiger partial charge in [0.1, 0.15) is 12.4 Å². The van der Waals surface area contributed by atoms with Gasteiger partial charge in [-0.25, -0.2) is 0 Å². The first kappa shape index (κ1) is 17.6. The second kappa shape index (κ2) is 8.77. The van der Waals surface area contributed by atoms with Crippen molar-refractivity contribution < 1.29 is 9.53 Å². The quantitative estimate of drug-likeness (QED) is 0.820. The van der Waals surface area contributed by atoms with E-state index in [1.807, 2.05) is 42.3 Å². The highest BCUT2D eigenvalue weighted by molar-refractivity contribution is 6.42. The highest BCUT2D eigenvalue weighted by atomic mass is 35.5. The van der Waals surface area contributed by atoms with Crippen molar-refractivity contribution >= 4 is 34.8 Å². The minimum Gasteiger partial charge on any atom is -0.492 e. The molecule has 0 aliphatic heterocycles. The molecule has 1 amide bonds. The van der Waals surface area contributed by atoms with E-state index in [0.717, 1.165) is 5.75 Å². The van der Waals surface area contributed by atoms with E-state index in [2.05, 4.69) is 5.32 Å². The number of hydrogen-bond donors (Lipinski definition) is 1. The highest BCUT2D eigenvalue weighted by Crippen LogP contribution is 2.24. The van der Waals surface area contributed by atoms with Gasteiger partial charge in [-0.2, -0.15) is 0 Å². The Labute approximate surface area is 146 Å². The predicted octanol–water partition coefficient (Wildman–Crippen LogP) is 3.94. The molecule has 0 aromatic heterocycles. The molecule has 0 unspecified atom stereocenters. The Morgan fingerprint density at radius 3 is 2.57 bits per heavy atom. The number of carbonyl (C=O) groups excluding carboxylic acids is 1. The molecule has 0 heterocycles. The Hall–Kier alpha value is -1.75. The number of nitrogens with zero attached hydrogens (tertiary/aromatic N) is 1. The van der Waals surface area contributed by atoms with Crippen molar-refractivity contribution in [3.8, 4) is 5.75 Å². The Bertz CT molecular complexity index is 650. The summed E-state index contributed by atoms with van der Waals surface area (Å²) in [7, 11) is 1.86. The highest BCUT2D eigenvalue weighted by Gasteiger charge is 2.08. The molecule has 0 fully saturated rings. The Morgan fingerprint density at radius 1 is 1.13 bits per heavy atom. The topological polar surface area (TPSA) is 41.6 Å². The lowest BCUT2D eigenvalue weighted by molar-refractivity contribution is -0.117. The van der Waals surface area contributed by atoms with Gasteiger partial charge in [0, 0.05) is 12.2 Å². The Kier molecular flexibility index (Phi) is 6.71. The molecule has 6 heteroatoms. The van der Waals surface area contributed by atoms with Crippen LogP contribution in [-0.4, -0.2) is 37.6 Å². The van der Waals surface area contributed by atoms with Crippen molar-refractivity contribution in [3.05, 3.63) is 58.6 Å². The number of hydrogen-bond acceptors (Lipinski definition) is 3. The Balaban J connectivity index is 1.72. The zero-order valence-electron chi connectivity index (χ0n) is 12.8. The first-order valence-electron chi connectivity index (χ1n) is 7.16. The normalized spacial score (nSPS) is 10.6. The van der Waals surface area contributed by atoms with Crippen molar-refractivity contribution in [1.29, 1.82) is 0 Å². The molecule has 2 aromatic carbocycles. The number of halogens is 2. The van der Waals surface area contributed by atoms with Gasteiger partial charge in [-0.15, -0.1) is 0 Å². The van der Waals surface area contributed by atoms with E-state index in [9.17, 15) is 4.79 Å². The summed E-state index contributed by atoms with van der Waals surface area (Å²) in [6, 6.07) is 14.6. The average molecular weight is 353 g/mol. The lowest BCUT2D eigenvalue weighted by atomic mass is 10.3. The first-order valence-corrected chi connectivity index (χ1v) is 7.91. The summed E-state index contributed by atoms with van der Waals surface area (Å²) in [4.78, 5) is 13.9. The minimum atomic E-state index is -0.120. The maximum absolute atomic E-state index is 12.0. The third-order valence-electron chi connectivity index (χ3n) is 3.10. The molecule has 23 heavy (non-hydrogen) atoms. The predicted molar refractivity (Wildman–Crippen MR) is 94.5 cm³/mol. The number of ether oxygens (including phenoxy) is 1. The molecule has 0 aliphatic carbocycles. The van der Waals surface area contributed by atoms with Gasteiger partial charge in [0.05, 0.1) is 16.6 Å². The first-order chi connectivity index (χ1) is 11.0. The van der Waals surface area contributed by atoms with E-state index in [1.54, 1.807) is 18.2 Å². The SMILES string of the molecule is CN(CCOc1ccccc1)CC(=O)Nc1ccc(Cl)c(Cl)c1. The second-order valence-corrected chi connectivity index (χ2v) is 5.89. The van der Waals surface area contributed by atoms with Crippen molar-refractivity contribution in [1.82, 2.24) is 4.90 Å². The smallest absolute Gasteiger partial charge is 0.238 e. The number of likely N-dealkylation sites (N-methyl/N-ethyl adjacent to an activating group) is 1. The summed E-state index contributed by atoms with van der Waals surface area (Å²) < 4.78 is 5.60. The molecular formula is C17H18Cl2N2O2. The molecule has 1 N–H and O–H groups in total. The van der Waals surface area contributed by atoms with Gasteiger partial charge in [-0.05, 0) is 37.4 Å². The number of para-hydroxylation sites is 1. The summed E-state index contributed by atoms with van der Waals surface area (Å²) in [5, 5.41) is 3.65. The van der Waals surface area contributed by atoms with Crippen LogP contribution in [0.15, 0.2) is 48.5 Å². The number of anilines is 1. The lowest BCUT2D eigenvalue weighted by Crippen LogP contribution is -2.33. The molecule has 0 bridgehead atoms. The number of amides is 1. The standard InChI is InChI=1S/C17H18Cl2N2O2/c1-21(9-10-23-14-5-3-2-4-6-14)12-17(22)20-13-7-8-15(18)16(19)11-13/h2-8,11H,9-10,12H2,1H3,(H,20,22). The zero-order chi connectivity index (χ0) is 16.7. The molecule has 0 saturated carbocycles. The molecule has 0 atom stereocenters. The van der Waals surface area contributed by atoms with Gasteiger partial charge in [-0.1, -0.05) is 41.4 Å². The number of nitrogens with one attached hydrogen (secondary N) is 1. The fourth-order valence-electron chi connectivity index (χ4n) is 1.93. The fourth-order valence-corrected chi connectivity index (χ4v) is 2.23. The number of carbonyl (C=O) groups is 1. The third kappa shape index (κ3) is 6.10. The molecule has 0 aliphatic rings. The van der Waals surface area contributed by atoms with Gasteiger partial charge in [0.15, 0.2) is 0 Å². The monoisotopic (exact) mass is 352 g/mol. The fraction of sp³-hybridized carbons (Fsp3) is 0.235. The van der Waals surface area contributed by atoms with Gasteiger partial charge < -0.3 is 10.1 Å². The van der Waals surface area contributed by atoms with Crippen molar-refractivity contribution in [2.45, 2.75) is 0 Å². The van der Waals surface area contributed by atoms with Crippen LogP contribution in [0.5, 0.6) is 5.75 Å². The maximum atomic E-state index is 12.0. The van der Waals surface area contributed by atoms with Gasteiger partial charge in [-0.3, -0.25) is 9.69 Å². The molecule has 2 aromatic rings. The number of rotatable bonds is 7. The molecule has 0 saturated heterocycles. The van der Waals surface area contributed by atoms with Crippen molar-refractivity contribution in [2.24, 2.45) is 0 Å². The van der Waals surface area contributed by atoms with E-state index in [-0.39, 0.29) is 12.5 Å². The summed E-state index contributed by atoms with van der Waals surface area (Å²) in [6.45, 7) is 1.42. The summed E-state index contributed by atoms with van der Waals surface area (Å²) in [5.74, 6) is 0.701. The van der Waals surface area contributed by atoms with Crippen LogP contribution in [0, 0.1) is 0 Å². The minimum absolute atomic E-state index is 0.120. The van der Waals surface area contributed by atoms with Crippen LogP contribution in [-0.2, 0) is 4.79 Å². The second-order valence-electron chi connectivity index (χ2n) is 5.08. The van der Waals surface area contributed by atoms with Crippen LogP contribution in [0.4, 0.5) is 5.69 Å². The van der Waals surface area contributed by atoms with Gasteiger partial charge in [0.25, 0.3) is 0 Å². The van der Waals surface area contributed by atoms with Gasteiger partial charge in [0.2, 0.25) is 5.91 Å². The van der Waals surface area contributed by atoms with Crippen LogP contribution in [0.25, 0.3) is 0 Å². The van der Waals surface area contributed by atoms with Crippen LogP contribution in [0.3, 0.4) is 0 Å². The van der Waals surface area contributed by atoms with Crippen LogP contribution >= 0.6 is 23.2 Å².